The smallest absolute Gasteiger partial charge is 0.363 e. The molecule has 2 amide bonds. The number of H-pyrrole nitrogens is 1. The van der Waals surface area contributed by atoms with Gasteiger partial charge in [-0.2, -0.15) is 13.2 Å². The van der Waals surface area contributed by atoms with E-state index in [1.807, 2.05) is 13.8 Å². The van der Waals surface area contributed by atoms with Gasteiger partial charge in [0, 0.05) is 25.3 Å². The third-order valence-electron chi connectivity index (χ3n) is 7.21. The number of hydrogen-bond donors (Lipinski definition) is 3. The Balaban J connectivity index is 1.67. The van der Waals surface area contributed by atoms with E-state index in [1.165, 1.54) is 0 Å². The van der Waals surface area contributed by atoms with E-state index >= 15 is 0 Å². The van der Waals surface area contributed by atoms with Crippen LogP contribution < -0.4 is 11.1 Å². The van der Waals surface area contributed by atoms with Crippen molar-refractivity contribution in [3.05, 3.63) is 41.2 Å². The number of aromatic nitrogens is 5. The third-order valence-corrected chi connectivity index (χ3v) is 7.21. The largest absolute Gasteiger partial charge is 0.389 e. The van der Waals surface area contributed by atoms with Crippen LogP contribution in [-0.4, -0.2) is 48.6 Å². The number of amides is 2. The van der Waals surface area contributed by atoms with Gasteiger partial charge in [-0.1, -0.05) is 6.07 Å². The quantitative estimate of drug-likeness (QED) is 0.301. The van der Waals surface area contributed by atoms with Crippen LogP contribution in [0.4, 0.5) is 22.0 Å². The highest BCUT2D eigenvalue weighted by atomic mass is 19.4. The van der Waals surface area contributed by atoms with Gasteiger partial charge in [-0.3, -0.25) is 9.59 Å². The van der Waals surface area contributed by atoms with Crippen LogP contribution in [0.1, 0.15) is 105 Å². The molecule has 0 radical (unpaired) electrons. The molecule has 4 N–H and O–H groups in total. The van der Waals surface area contributed by atoms with Crippen LogP contribution in [0.25, 0.3) is 11.0 Å². The Labute approximate surface area is 227 Å². The Morgan fingerprint density at radius 3 is 2.45 bits per heavy atom. The average Bonchev–Trinajstić information content (AvgIpc) is 3.48. The van der Waals surface area contributed by atoms with Gasteiger partial charge in [0.15, 0.2) is 0 Å². The molecule has 1 aliphatic rings. The van der Waals surface area contributed by atoms with E-state index in [0.717, 1.165) is 0 Å². The van der Waals surface area contributed by atoms with Crippen LogP contribution in [0.15, 0.2) is 18.2 Å². The summed E-state index contributed by atoms with van der Waals surface area (Å²) in [5.74, 6) is -4.48. The van der Waals surface area contributed by atoms with Gasteiger partial charge in [0.1, 0.15) is 11.6 Å². The van der Waals surface area contributed by atoms with Gasteiger partial charge in [0.25, 0.3) is 5.91 Å². The van der Waals surface area contributed by atoms with E-state index in [-0.39, 0.29) is 43.5 Å². The normalized spacial score (nSPS) is 17.7. The van der Waals surface area contributed by atoms with Gasteiger partial charge in [0.2, 0.25) is 17.7 Å². The van der Waals surface area contributed by atoms with Crippen molar-refractivity contribution in [1.82, 2.24) is 30.0 Å². The summed E-state index contributed by atoms with van der Waals surface area (Å²) in [7, 11) is 0. The van der Waals surface area contributed by atoms with E-state index < -0.39 is 48.7 Å². The Hall–Kier alpha value is -3.58. The van der Waals surface area contributed by atoms with Crippen LogP contribution in [0.5, 0.6) is 0 Å². The molecule has 40 heavy (non-hydrogen) atoms. The zero-order valence-corrected chi connectivity index (χ0v) is 22.4. The average molecular weight is 570 g/mol. The van der Waals surface area contributed by atoms with Crippen LogP contribution in [0, 0.1) is 5.92 Å². The van der Waals surface area contributed by atoms with Crippen molar-refractivity contribution in [2.24, 2.45) is 11.7 Å². The van der Waals surface area contributed by atoms with E-state index in [0.29, 0.717) is 28.2 Å². The summed E-state index contributed by atoms with van der Waals surface area (Å²) < 4.78 is 67.0. The van der Waals surface area contributed by atoms with Crippen molar-refractivity contribution in [2.45, 2.75) is 89.4 Å². The summed E-state index contributed by atoms with van der Waals surface area (Å²) in [5.41, 5.74) is 7.23. The first-order chi connectivity index (χ1) is 18.6. The van der Waals surface area contributed by atoms with Gasteiger partial charge < -0.3 is 16.0 Å². The molecule has 1 aliphatic carbocycles. The first kappa shape index (κ1) is 29.4. The molecule has 14 heteroatoms. The lowest BCUT2D eigenvalue weighted by Gasteiger charge is -2.32. The number of carbonyl (C=O) groups excluding carboxylic acids is 2. The van der Waals surface area contributed by atoms with Crippen molar-refractivity contribution in [2.75, 3.05) is 0 Å². The molecule has 2 aromatic heterocycles. The molecule has 0 bridgehead atoms. The molecule has 0 saturated heterocycles. The molecule has 0 unspecified atom stereocenters. The number of nitrogens with zero attached hydrogens (tertiary/aromatic N) is 4. The number of rotatable bonds is 9. The lowest BCUT2D eigenvalue weighted by molar-refractivity contribution is -0.144. The summed E-state index contributed by atoms with van der Waals surface area (Å²) in [6.07, 6.45) is -6.47. The van der Waals surface area contributed by atoms with Gasteiger partial charge >= 0.3 is 6.18 Å². The second-order valence-corrected chi connectivity index (χ2v) is 10.7. The molecule has 2 atom stereocenters. The number of fused-ring (bicyclic) bond motifs is 1. The number of imidazole rings is 1. The van der Waals surface area contributed by atoms with Crippen molar-refractivity contribution in [1.29, 1.82) is 0 Å². The summed E-state index contributed by atoms with van der Waals surface area (Å²) in [6.45, 7) is 5.36. The van der Waals surface area contributed by atoms with Gasteiger partial charge in [-0.05, 0) is 57.2 Å². The second-order valence-electron chi connectivity index (χ2n) is 10.7. The number of benzene rings is 1. The number of nitrogens with two attached hydrogens (primary N) is 1. The van der Waals surface area contributed by atoms with Crippen molar-refractivity contribution < 1.29 is 31.5 Å². The van der Waals surface area contributed by atoms with Crippen molar-refractivity contribution >= 4 is 22.8 Å². The predicted octanol–water partition coefficient (Wildman–Crippen LogP) is 5.31. The zero-order chi connectivity index (χ0) is 29.4. The van der Waals surface area contributed by atoms with Crippen LogP contribution in [-0.2, 0) is 4.79 Å². The molecule has 4 rings (SSSR count). The fourth-order valence-electron chi connectivity index (χ4n) is 5.10. The van der Waals surface area contributed by atoms with Crippen molar-refractivity contribution in [3.63, 3.8) is 0 Å². The molecule has 1 fully saturated rings. The zero-order valence-electron chi connectivity index (χ0n) is 22.4. The maximum atomic E-state index is 14.0. The minimum Gasteiger partial charge on any atom is -0.363 e. The van der Waals surface area contributed by atoms with Gasteiger partial charge in [0.05, 0.1) is 29.4 Å². The molecule has 218 valence electrons. The van der Waals surface area contributed by atoms with Gasteiger partial charge in [-0.25, -0.2) is 23.4 Å². The Bertz CT molecular complexity index is 1370. The Kier molecular flexibility index (Phi) is 8.18. The first-order valence-corrected chi connectivity index (χ1v) is 13.1. The predicted molar refractivity (Wildman–Crippen MR) is 136 cm³/mol. The van der Waals surface area contributed by atoms with Gasteiger partial charge in [-0.15, -0.1) is 5.10 Å². The maximum absolute atomic E-state index is 14.0. The second kappa shape index (κ2) is 11.1. The summed E-state index contributed by atoms with van der Waals surface area (Å²) in [4.78, 5) is 36.3. The van der Waals surface area contributed by atoms with Crippen LogP contribution in [0.2, 0.25) is 0 Å². The number of halogens is 5. The SMILES string of the molecule is CC(C)n1nc(C(N)=O)nc1[C@H](c1nc2ccc([C@@H](C)NC(=O)CCC(F)(F)F)cc2[nH]1)C1CCC(F)(F)CC1. The van der Waals surface area contributed by atoms with Crippen LogP contribution >= 0.6 is 0 Å². The highest BCUT2D eigenvalue weighted by Gasteiger charge is 2.41. The Morgan fingerprint density at radius 1 is 1.18 bits per heavy atom. The Morgan fingerprint density at radius 2 is 1.85 bits per heavy atom. The van der Waals surface area contributed by atoms with E-state index in [4.69, 9.17) is 10.7 Å². The monoisotopic (exact) mass is 569 g/mol. The summed E-state index contributed by atoms with van der Waals surface area (Å²) in [5, 5.41) is 6.83. The number of hydrogen-bond acceptors (Lipinski definition) is 5. The highest BCUT2D eigenvalue weighted by molar-refractivity contribution is 5.88. The topological polar surface area (TPSA) is 132 Å². The molecule has 0 aliphatic heterocycles. The van der Waals surface area contributed by atoms with E-state index in [2.05, 4.69) is 20.4 Å². The number of aromatic amines is 1. The number of nitrogens with one attached hydrogen (secondary N) is 2. The third kappa shape index (κ3) is 6.76. The molecule has 9 nitrogen and oxygen atoms in total. The molecule has 2 heterocycles. The molecular weight excluding hydrogens is 537 g/mol. The summed E-state index contributed by atoms with van der Waals surface area (Å²) >= 11 is 0. The standard InChI is InChI=1S/C26H32F5N7O2/c1-13(2)38-24(36-23(37-38)21(32)40)20(15-6-9-25(27,28)10-7-15)22-34-17-5-4-16(12-18(17)35-22)14(3)33-19(39)8-11-26(29,30)31/h4-5,12-15,20H,6-11H2,1-3H3,(H2,32,40)(H,33,39)(H,34,35)/t14-,20+/m1/s1. The number of alkyl halides is 5. The first-order valence-electron chi connectivity index (χ1n) is 13.1. The van der Waals surface area contributed by atoms with Crippen molar-refractivity contribution in [3.8, 4) is 0 Å². The molecule has 3 aromatic rings. The molecule has 0 spiro atoms. The molecule has 1 saturated carbocycles. The number of carbonyl (C=O) groups is 2. The fourth-order valence-corrected chi connectivity index (χ4v) is 5.10. The number of primary amides is 1. The fraction of sp³-hybridized carbons (Fsp3) is 0.577. The molecular formula is C26H32F5N7O2. The highest BCUT2D eigenvalue weighted by Crippen LogP contribution is 2.44. The van der Waals surface area contributed by atoms with E-state index in [9.17, 15) is 31.5 Å². The lowest BCUT2D eigenvalue weighted by atomic mass is 9.77. The minimum atomic E-state index is -4.42. The minimum absolute atomic E-state index is 0.177. The summed E-state index contributed by atoms with van der Waals surface area (Å²) in [6, 6.07) is 4.36. The maximum Gasteiger partial charge on any atom is 0.389 e. The van der Waals surface area contributed by atoms with Crippen LogP contribution in [0.3, 0.4) is 0 Å². The lowest BCUT2D eigenvalue weighted by Crippen LogP contribution is -2.30. The van der Waals surface area contributed by atoms with E-state index in [1.54, 1.807) is 29.8 Å². The molecule has 1 aromatic carbocycles.